The second kappa shape index (κ2) is 9.47. The van der Waals surface area contributed by atoms with E-state index >= 15 is 0 Å². The van der Waals surface area contributed by atoms with Gasteiger partial charge in [0.2, 0.25) is 0 Å². The second-order valence-electron chi connectivity index (χ2n) is 5.87. The van der Waals surface area contributed by atoms with Gasteiger partial charge in [-0.1, -0.05) is 23.7 Å². The number of nitrogens with one attached hydrogen (secondary N) is 1. The Kier molecular flexibility index (Phi) is 7.28. The summed E-state index contributed by atoms with van der Waals surface area (Å²) in [7, 11) is 1.51. The van der Waals surface area contributed by atoms with Crippen LogP contribution < -0.4 is 10.1 Å². The summed E-state index contributed by atoms with van der Waals surface area (Å²) in [5, 5.41) is 2.15. The third-order valence-corrected chi connectivity index (χ3v) is 4.05. The molecule has 0 radical (unpaired) electrons. The van der Waals surface area contributed by atoms with E-state index in [1.54, 1.807) is 24.3 Å². The number of alkyl halides is 3. The van der Waals surface area contributed by atoms with Crippen LogP contribution in [0.25, 0.3) is 6.08 Å². The molecular weight excluding hydrogens is 411 g/mol. The minimum atomic E-state index is -4.59. The highest BCUT2D eigenvalue weighted by molar-refractivity contribution is 6.33. The van der Waals surface area contributed by atoms with Crippen molar-refractivity contribution in [1.82, 2.24) is 0 Å². The fourth-order valence-corrected chi connectivity index (χ4v) is 2.37. The Morgan fingerprint density at radius 3 is 2.55 bits per heavy atom. The molecule has 0 aliphatic rings. The topological polar surface area (TPSA) is 64.6 Å². The minimum absolute atomic E-state index is 0.0807. The zero-order valence-electron chi connectivity index (χ0n) is 15.4. The van der Waals surface area contributed by atoms with Crippen molar-refractivity contribution >= 4 is 35.2 Å². The quantitative estimate of drug-likeness (QED) is 0.523. The molecule has 0 saturated heterocycles. The van der Waals surface area contributed by atoms with Crippen LogP contribution in [0.1, 0.15) is 18.1 Å². The summed E-state index contributed by atoms with van der Waals surface area (Å²) in [6.07, 6.45) is -3.26. The predicted octanol–water partition coefficient (Wildman–Crippen LogP) is 4.95. The summed E-state index contributed by atoms with van der Waals surface area (Å²) in [4.78, 5) is 24.0. The number of carbonyl (C=O) groups is 2. The van der Waals surface area contributed by atoms with Crippen LogP contribution in [0.15, 0.2) is 48.5 Å². The first kappa shape index (κ1) is 22.3. The van der Waals surface area contributed by atoms with Gasteiger partial charge in [0.15, 0.2) is 6.10 Å². The number of hydrogen-bond acceptors (Lipinski definition) is 4. The van der Waals surface area contributed by atoms with E-state index in [4.69, 9.17) is 21.1 Å². The van der Waals surface area contributed by atoms with E-state index < -0.39 is 29.7 Å². The molecule has 2 aromatic rings. The number of amides is 1. The Morgan fingerprint density at radius 1 is 1.17 bits per heavy atom. The minimum Gasteiger partial charge on any atom is -0.497 e. The predicted molar refractivity (Wildman–Crippen MR) is 103 cm³/mol. The molecule has 2 rings (SSSR count). The summed E-state index contributed by atoms with van der Waals surface area (Å²) in [6.45, 7) is 1.29. The van der Waals surface area contributed by atoms with Gasteiger partial charge in [-0.15, -0.1) is 0 Å². The molecule has 1 amide bonds. The number of halogens is 4. The molecule has 0 spiro atoms. The number of benzene rings is 2. The van der Waals surface area contributed by atoms with Gasteiger partial charge in [-0.3, -0.25) is 4.79 Å². The molecule has 0 saturated carbocycles. The van der Waals surface area contributed by atoms with Gasteiger partial charge in [0, 0.05) is 6.08 Å². The van der Waals surface area contributed by atoms with Gasteiger partial charge >= 0.3 is 12.1 Å². The molecule has 2 aromatic carbocycles. The second-order valence-corrected chi connectivity index (χ2v) is 6.28. The molecule has 29 heavy (non-hydrogen) atoms. The zero-order valence-corrected chi connectivity index (χ0v) is 16.2. The number of anilines is 1. The van der Waals surface area contributed by atoms with Crippen molar-refractivity contribution in [3.8, 4) is 5.75 Å². The number of carbonyl (C=O) groups excluding carboxylic acids is 2. The molecule has 1 unspecified atom stereocenters. The largest absolute Gasteiger partial charge is 0.497 e. The molecule has 0 fully saturated rings. The molecule has 5 nitrogen and oxygen atoms in total. The third-order valence-electron chi connectivity index (χ3n) is 3.72. The van der Waals surface area contributed by atoms with Crippen LogP contribution in [0.2, 0.25) is 5.02 Å². The summed E-state index contributed by atoms with van der Waals surface area (Å²) in [6, 6.07) is 9.42. The van der Waals surface area contributed by atoms with Crippen molar-refractivity contribution in [2.24, 2.45) is 0 Å². The highest BCUT2D eigenvalue weighted by atomic mass is 35.5. The first-order valence-electron chi connectivity index (χ1n) is 8.30. The van der Waals surface area contributed by atoms with Gasteiger partial charge in [-0.05, 0) is 48.9 Å². The molecule has 0 heterocycles. The Morgan fingerprint density at radius 2 is 1.90 bits per heavy atom. The Labute approximate surface area is 170 Å². The maximum atomic E-state index is 12.8. The van der Waals surface area contributed by atoms with Crippen LogP contribution in [0.3, 0.4) is 0 Å². The maximum absolute atomic E-state index is 12.8. The summed E-state index contributed by atoms with van der Waals surface area (Å²) >= 11 is 5.83. The maximum Gasteiger partial charge on any atom is 0.416 e. The van der Waals surface area contributed by atoms with Gasteiger partial charge in [0.1, 0.15) is 5.75 Å². The molecule has 0 bridgehead atoms. The van der Waals surface area contributed by atoms with E-state index in [0.717, 1.165) is 18.2 Å². The van der Waals surface area contributed by atoms with Gasteiger partial charge in [-0.2, -0.15) is 13.2 Å². The van der Waals surface area contributed by atoms with E-state index in [0.29, 0.717) is 17.4 Å². The number of rotatable bonds is 6. The number of ether oxygens (including phenoxy) is 2. The fraction of sp³-hybridized carbons (Fsp3) is 0.200. The average Bonchev–Trinajstić information content (AvgIpc) is 2.67. The SMILES string of the molecule is COc1cccc(/C=C/C(=O)OC(C)C(=O)Nc2cc(C(F)(F)F)ccc2Cl)c1. The highest BCUT2D eigenvalue weighted by Crippen LogP contribution is 2.33. The lowest BCUT2D eigenvalue weighted by atomic mass is 10.2. The fourth-order valence-electron chi connectivity index (χ4n) is 2.21. The average molecular weight is 428 g/mol. The summed E-state index contributed by atoms with van der Waals surface area (Å²) < 4.78 is 48.4. The van der Waals surface area contributed by atoms with Crippen LogP contribution in [0.5, 0.6) is 5.75 Å². The summed E-state index contributed by atoms with van der Waals surface area (Å²) in [5.41, 5.74) is -0.529. The molecule has 9 heteroatoms. The first-order chi connectivity index (χ1) is 13.6. The normalized spacial score (nSPS) is 12.5. The molecule has 1 atom stereocenters. The van der Waals surface area contributed by atoms with Crippen molar-refractivity contribution in [2.75, 3.05) is 12.4 Å². The summed E-state index contributed by atoms with van der Waals surface area (Å²) in [5.74, 6) is -1.02. The standard InChI is InChI=1S/C20H17ClF3NO4/c1-12(29-18(26)9-6-13-4-3-5-15(10-13)28-2)19(27)25-17-11-14(20(22,23)24)7-8-16(17)21/h3-12H,1-2H3,(H,25,27)/b9-6+. The van der Waals surface area contributed by atoms with E-state index in [9.17, 15) is 22.8 Å². The monoisotopic (exact) mass is 427 g/mol. The molecular formula is C20H17ClF3NO4. The Balaban J connectivity index is 2.00. The van der Waals surface area contributed by atoms with Crippen molar-refractivity contribution in [2.45, 2.75) is 19.2 Å². The third kappa shape index (κ3) is 6.53. The van der Waals surface area contributed by atoms with Crippen LogP contribution in [-0.4, -0.2) is 25.1 Å². The van der Waals surface area contributed by atoms with Crippen LogP contribution >= 0.6 is 11.6 Å². The van der Waals surface area contributed by atoms with Crippen molar-refractivity contribution in [3.05, 3.63) is 64.7 Å². The molecule has 0 aromatic heterocycles. The number of methoxy groups -OCH3 is 1. The van der Waals surface area contributed by atoms with Gasteiger partial charge in [0.05, 0.1) is 23.4 Å². The smallest absolute Gasteiger partial charge is 0.416 e. The number of esters is 1. The Bertz CT molecular complexity index is 928. The van der Waals surface area contributed by atoms with E-state index in [-0.39, 0.29) is 10.7 Å². The van der Waals surface area contributed by atoms with Crippen molar-refractivity contribution in [1.29, 1.82) is 0 Å². The lowest BCUT2D eigenvalue weighted by molar-refractivity contribution is -0.148. The van der Waals surface area contributed by atoms with E-state index in [1.807, 2.05) is 0 Å². The van der Waals surface area contributed by atoms with Crippen LogP contribution in [-0.2, 0) is 20.5 Å². The van der Waals surface area contributed by atoms with Crippen molar-refractivity contribution < 1.29 is 32.2 Å². The molecule has 0 aliphatic heterocycles. The molecule has 0 aliphatic carbocycles. The highest BCUT2D eigenvalue weighted by Gasteiger charge is 2.31. The van der Waals surface area contributed by atoms with Gasteiger partial charge in [0.25, 0.3) is 5.91 Å². The zero-order chi connectivity index (χ0) is 21.6. The molecule has 1 N–H and O–H groups in total. The van der Waals surface area contributed by atoms with Crippen molar-refractivity contribution in [3.63, 3.8) is 0 Å². The lowest BCUT2D eigenvalue weighted by Crippen LogP contribution is -2.29. The van der Waals surface area contributed by atoms with Gasteiger partial charge in [-0.25, -0.2) is 4.79 Å². The first-order valence-corrected chi connectivity index (χ1v) is 8.68. The van der Waals surface area contributed by atoms with Crippen LogP contribution in [0.4, 0.5) is 18.9 Å². The van der Waals surface area contributed by atoms with E-state index in [2.05, 4.69) is 5.32 Å². The lowest BCUT2D eigenvalue weighted by Gasteiger charge is -2.15. The number of hydrogen-bond donors (Lipinski definition) is 1. The molecule has 154 valence electrons. The van der Waals surface area contributed by atoms with Crippen LogP contribution in [0, 0.1) is 0 Å². The Hall–Kier alpha value is -3.00. The van der Waals surface area contributed by atoms with Gasteiger partial charge < -0.3 is 14.8 Å². The van der Waals surface area contributed by atoms with E-state index in [1.165, 1.54) is 20.1 Å².